The summed E-state index contributed by atoms with van der Waals surface area (Å²) in [5, 5.41) is 0. The van der Waals surface area contributed by atoms with E-state index in [-0.39, 0.29) is 0 Å². The fourth-order valence-electron chi connectivity index (χ4n) is 1.53. The number of carbonyl (C=O) groups is 1. The molecule has 0 bridgehead atoms. The second-order valence-electron chi connectivity index (χ2n) is 4.88. The van der Waals surface area contributed by atoms with E-state index in [0.717, 1.165) is 4.90 Å². The summed E-state index contributed by atoms with van der Waals surface area (Å²) in [7, 11) is 0. The number of hydrogen-bond donors (Lipinski definition) is 0. The molecule has 0 radical (unpaired) electrons. The third kappa shape index (κ3) is 2.59. The Morgan fingerprint density at radius 2 is 2.07 bits per heavy atom. The number of rotatable bonds is 0. The Morgan fingerprint density at radius 3 is 2.43 bits per heavy atom. The molecule has 1 rings (SSSR count). The Morgan fingerprint density at radius 1 is 1.50 bits per heavy atom. The number of ether oxygens (including phenoxy) is 1. The predicted molar refractivity (Wildman–Crippen MR) is 51.7 cm³/mol. The Hall–Kier alpha value is -0.800. The molecule has 3 nitrogen and oxygen atoms in total. The van der Waals surface area contributed by atoms with E-state index in [1.807, 2.05) is 0 Å². The predicted octanol–water partition coefficient (Wildman–Crippen LogP) is 2.70. The van der Waals surface area contributed by atoms with Crippen molar-refractivity contribution in [3.8, 4) is 0 Å². The largest absolute Gasteiger partial charge is 0.444 e. The highest BCUT2D eigenvalue weighted by atomic mass is 19.1. The lowest BCUT2D eigenvalue weighted by Gasteiger charge is -2.30. The van der Waals surface area contributed by atoms with Gasteiger partial charge in [0.25, 0.3) is 0 Å². The van der Waals surface area contributed by atoms with Crippen LogP contribution in [-0.4, -0.2) is 28.9 Å². The molecular formula is C10H18FNO2. The van der Waals surface area contributed by atoms with Crippen LogP contribution in [0.3, 0.4) is 0 Å². The van der Waals surface area contributed by atoms with Crippen molar-refractivity contribution in [2.45, 2.75) is 51.9 Å². The molecule has 4 heteroatoms. The summed E-state index contributed by atoms with van der Waals surface area (Å²) in [5.41, 5.74) is -0.560. The van der Waals surface area contributed by atoms with Crippen molar-refractivity contribution in [2.24, 2.45) is 0 Å². The van der Waals surface area contributed by atoms with Gasteiger partial charge in [-0.05, 0) is 34.1 Å². The summed E-state index contributed by atoms with van der Waals surface area (Å²) < 4.78 is 18.8. The summed E-state index contributed by atoms with van der Waals surface area (Å²) in [5.74, 6) is -1.54. The van der Waals surface area contributed by atoms with Crippen molar-refractivity contribution >= 4 is 6.09 Å². The number of nitrogens with zero attached hydrogens (tertiary/aromatic N) is 1. The average Bonchev–Trinajstić information content (AvgIpc) is 2.25. The van der Waals surface area contributed by atoms with Crippen LogP contribution < -0.4 is 0 Å². The number of hydrogen-bond acceptors (Lipinski definition) is 2. The minimum Gasteiger partial charge on any atom is -0.444 e. The summed E-state index contributed by atoms with van der Waals surface area (Å²) in [6.07, 6.45) is 0.540. The van der Waals surface area contributed by atoms with Crippen molar-refractivity contribution in [1.29, 1.82) is 0 Å². The lowest BCUT2D eigenvalue weighted by Crippen LogP contribution is -2.44. The maximum Gasteiger partial charge on any atom is 0.412 e. The smallest absolute Gasteiger partial charge is 0.412 e. The zero-order valence-electron chi connectivity index (χ0n) is 9.26. The fraction of sp³-hybridized carbons (Fsp3) is 0.900. The van der Waals surface area contributed by atoms with Crippen molar-refractivity contribution in [1.82, 2.24) is 4.90 Å². The molecule has 1 fully saturated rings. The Labute approximate surface area is 84.2 Å². The van der Waals surface area contributed by atoms with Gasteiger partial charge in [-0.2, -0.15) is 0 Å². The van der Waals surface area contributed by atoms with Gasteiger partial charge in [0.2, 0.25) is 0 Å². The van der Waals surface area contributed by atoms with Crippen LogP contribution in [0.15, 0.2) is 0 Å². The molecule has 0 saturated carbocycles. The first-order chi connectivity index (χ1) is 6.22. The van der Waals surface area contributed by atoms with Crippen LogP contribution in [0.4, 0.5) is 9.18 Å². The van der Waals surface area contributed by atoms with E-state index in [1.165, 1.54) is 6.92 Å². The zero-order valence-corrected chi connectivity index (χ0v) is 9.26. The minimum absolute atomic E-state index is 0.395. The highest BCUT2D eigenvalue weighted by Crippen LogP contribution is 2.31. The summed E-state index contributed by atoms with van der Waals surface area (Å²) in [6, 6.07) is 0. The van der Waals surface area contributed by atoms with E-state index in [9.17, 15) is 9.18 Å². The standard InChI is InChI=1S/C10H18FNO2/c1-9(2,3)14-8(13)12-7-5-6-10(12,4)11/h5-7H2,1-4H3. The SMILES string of the molecule is CC(C)(C)OC(=O)N1CCCC1(C)F. The lowest BCUT2D eigenvalue weighted by molar-refractivity contribution is -0.0235. The number of likely N-dealkylation sites (tertiary alicyclic amines) is 1. The molecule has 1 heterocycles. The van der Waals surface area contributed by atoms with Crippen LogP contribution in [0.2, 0.25) is 0 Å². The number of carbonyl (C=O) groups excluding carboxylic acids is 1. The van der Waals surface area contributed by atoms with Crippen LogP contribution in [0.1, 0.15) is 40.5 Å². The van der Waals surface area contributed by atoms with Crippen molar-refractivity contribution in [3.63, 3.8) is 0 Å². The molecule has 1 unspecified atom stereocenters. The molecule has 1 aliphatic rings. The Balaban J connectivity index is 2.62. The maximum absolute atomic E-state index is 13.7. The first kappa shape index (κ1) is 11.3. The van der Waals surface area contributed by atoms with E-state index in [0.29, 0.717) is 19.4 Å². The number of halogens is 1. The van der Waals surface area contributed by atoms with Crippen LogP contribution in [0, 0.1) is 0 Å². The normalized spacial score (nSPS) is 27.9. The van der Waals surface area contributed by atoms with Gasteiger partial charge in [-0.1, -0.05) is 0 Å². The molecule has 0 aromatic heterocycles. The van der Waals surface area contributed by atoms with Crippen LogP contribution in [-0.2, 0) is 4.74 Å². The van der Waals surface area contributed by atoms with Gasteiger partial charge >= 0.3 is 6.09 Å². The number of amides is 1. The molecule has 0 aromatic rings. The summed E-state index contributed by atoms with van der Waals surface area (Å²) >= 11 is 0. The molecule has 1 aliphatic heterocycles. The van der Waals surface area contributed by atoms with Crippen molar-refractivity contribution in [2.75, 3.05) is 6.54 Å². The second-order valence-corrected chi connectivity index (χ2v) is 4.88. The molecule has 1 amide bonds. The van der Waals surface area contributed by atoms with Gasteiger partial charge < -0.3 is 4.74 Å². The van der Waals surface area contributed by atoms with Crippen LogP contribution in [0.5, 0.6) is 0 Å². The lowest BCUT2D eigenvalue weighted by atomic mass is 10.2. The summed E-state index contributed by atoms with van der Waals surface area (Å²) in [4.78, 5) is 12.7. The molecular weight excluding hydrogens is 185 g/mol. The molecule has 0 aromatic carbocycles. The van der Waals surface area contributed by atoms with E-state index >= 15 is 0 Å². The van der Waals surface area contributed by atoms with Crippen LogP contribution >= 0.6 is 0 Å². The van der Waals surface area contributed by atoms with Crippen LogP contribution in [0.25, 0.3) is 0 Å². The highest BCUT2D eigenvalue weighted by molar-refractivity contribution is 5.69. The molecule has 0 aliphatic carbocycles. The zero-order chi connectivity index (χ0) is 11.0. The van der Waals surface area contributed by atoms with Gasteiger partial charge in [-0.15, -0.1) is 0 Å². The highest BCUT2D eigenvalue weighted by Gasteiger charge is 2.41. The minimum atomic E-state index is -1.54. The van der Waals surface area contributed by atoms with Gasteiger partial charge in [0.15, 0.2) is 5.79 Å². The molecule has 82 valence electrons. The molecule has 0 spiro atoms. The van der Waals surface area contributed by atoms with Gasteiger partial charge in [-0.25, -0.2) is 9.18 Å². The van der Waals surface area contributed by atoms with Gasteiger partial charge in [0, 0.05) is 13.0 Å². The molecule has 1 saturated heterocycles. The monoisotopic (exact) mass is 203 g/mol. The van der Waals surface area contributed by atoms with Gasteiger partial charge in [-0.3, -0.25) is 4.90 Å². The Kier molecular flexibility index (Phi) is 2.74. The molecule has 1 atom stereocenters. The van der Waals surface area contributed by atoms with Crippen molar-refractivity contribution < 1.29 is 13.9 Å². The molecule has 0 N–H and O–H groups in total. The first-order valence-corrected chi connectivity index (χ1v) is 4.92. The molecule has 14 heavy (non-hydrogen) atoms. The topological polar surface area (TPSA) is 29.5 Å². The quantitative estimate of drug-likeness (QED) is 0.566. The first-order valence-electron chi connectivity index (χ1n) is 4.92. The van der Waals surface area contributed by atoms with Crippen molar-refractivity contribution in [3.05, 3.63) is 0 Å². The third-order valence-electron chi connectivity index (χ3n) is 2.19. The third-order valence-corrected chi connectivity index (χ3v) is 2.19. The maximum atomic E-state index is 13.7. The average molecular weight is 203 g/mol. The summed E-state index contributed by atoms with van der Waals surface area (Å²) in [6.45, 7) is 7.19. The van der Waals surface area contributed by atoms with E-state index in [1.54, 1.807) is 20.8 Å². The Bertz CT molecular complexity index is 233. The van der Waals surface area contributed by atoms with Gasteiger partial charge in [0.05, 0.1) is 0 Å². The number of alkyl halides is 1. The van der Waals surface area contributed by atoms with E-state index in [4.69, 9.17) is 4.74 Å². The van der Waals surface area contributed by atoms with Gasteiger partial charge in [0.1, 0.15) is 5.60 Å². The van der Waals surface area contributed by atoms with E-state index in [2.05, 4.69) is 0 Å². The fourth-order valence-corrected chi connectivity index (χ4v) is 1.53. The second kappa shape index (κ2) is 3.41. The van der Waals surface area contributed by atoms with E-state index < -0.39 is 17.5 Å².